The maximum absolute atomic E-state index is 6.33. The summed E-state index contributed by atoms with van der Waals surface area (Å²) >= 11 is 0. The molecule has 0 bridgehead atoms. The first-order valence-corrected chi connectivity index (χ1v) is 12.6. The quantitative estimate of drug-likeness (QED) is 0.180. The van der Waals surface area contributed by atoms with Gasteiger partial charge < -0.3 is 14.0 Å². The van der Waals surface area contributed by atoms with Gasteiger partial charge in [0.25, 0.3) is 0 Å². The predicted molar refractivity (Wildman–Crippen MR) is 152 cm³/mol. The summed E-state index contributed by atoms with van der Waals surface area (Å²) in [7, 11) is 0. The topological polar surface area (TPSA) is 61.7 Å². The van der Waals surface area contributed by atoms with Gasteiger partial charge in [0, 0.05) is 24.1 Å². The van der Waals surface area contributed by atoms with E-state index in [1.54, 1.807) is 17.1 Å². The van der Waals surface area contributed by atoms with Gasteiger partial charge in [-0.15, -0.1) is 48.0 Å². The summed E-state index contributed by atoms with van der Waals surface area (Å²) in [4.78, 5) is 9.33. The first-order chi connectivity index (χ1) is 19.3. The fourth-order valence-corrected chi connectivity index (χ4v) is 5.17. The summed E-state index contributed by atoms with van der Waals surface area (Å²) in [6, 6.07) is 39.5. The number of benzene rings is 4. The van der Waals surface area contributed by atoms with Crippen molar-refractivity contribution in [2.45, 2.75) is 0 Å². The van der Waals surface area contributed by atoms with Gasteiger partial charge >= 0.3 is 21.1 Å². The maximum atomic E-state index is 6.33. The van der Waals surface area contributed by atoms with Crippen LogP contribution in [0.2, 0.25) is 0 Å². The normalized spacial score (nSPS) is 11.3. The molecule has 8 rings (SSSR count). The van der Waals surface area contributed by atoms with Crippen molar-refractivity contribution in [3.05, 3.63) is 128 Å². The largest absolute Gasteiger partial charge is 2.00 e. The second-order valence-electron chi connectivity index (χ2n) is 9.25. The molecule has 40 heavy (non-hydrogen) atoms. The van der Waals surface area contributed by atoms with Crippen molar-refractivity contribution in [3.8, 4) is 34.1 Å². The minimum absolute atomic E-state index is 0. The summed E-state index contributed by atoms with van der Waals surface area (Å²) in [5.41, 5.74) is 7.79. The number of pyridine rings is 1. The molecule has 0 atom stereocenters. The first kappa shape index (κ1) is 24.3. The molecule has 0 spiro atoms. The number of hydrogen-bond acceptors (Lipinski definition) is 4. The van der Waals surface area contributed by atoms with Crippen LogP contribution in [-0.2, 0) is 21.1 Å². The standard InChI is InChI=1S/C33H19N5O.Pt/c1-2-13-29-25(10-1)26-16-15-23(33-36-28-12-6-14-30(32(28)39-33)37-19-7-18-35-37)21-31(26)38(29)24-9-5-8-22(20-24)27-11-3-4-17-34-27;/h1-19H;/q-2;+2. The van der Waals surface area contributed by atoms with Crippen molar-refractivity contribution in [1.82, 2.24) is 24.3 Å². The van der Waals surface area contributed by atoms with Crippen LogP contribution in [-0.4, -0.2) is 24.3 Å². The van der Waals surface area contributed by atoms with Gasteiger partial charge in [0.15, 0.2) is 5.58 Å². The minimum Gasteiger partial charge on any atom is -0.479 e. The van der Waals surface area contributed by atoms with Crippen LogP contribution < -0.4 is 0 Å². The predicted octanol–water partition coefficient (Wildman–Crippen LogP) is 7.44. The van der Waals surface area contributed by atoms with E-state index in [2.05, 4.69) is 63.2 Å². The van der Waals surface area contributed by atoms with Gasteiger partial charge in [-0.1, -0.05) is 47.3 Å². The zero-order valence-electron chi connectivity index (χ0n) is 20.9. The van der Waals surface area contributed by atoms with Crippen molar-refractivity contribution < 1.29 is 25.5 Å². The van der Waals surface area contributed by atoms with Gasteiger partial charge in [0.2, 0.25) is 0 Å². The summed E-state index contributed by atoms with van der Waals surface area (Å²) in [6.45, 7) is 0. The molecule has 192 valence electrons. The average molecular weight is 697 g/mol. The zero-order chi connectivity index (χ0) is 25.8. The SMILES string of the molecule is [Pt+2].[c-]1c(-c2ccccn2)cccc1-n1c2[c-]c(-c3nc4cccc(-n5cccn5)c4o3)ccc2c2ccccc21. The van der Waals surface area contributed by atoms with E-state index in [1.807, 2.05) is 66.9 Å². The Morgan fingerprint density at radius 1 is 0.700 bits per heavy atom. The van der Waals surface area contributed by atoms with Crippen molar-refractivity contribution in [2.75, 3.05) is 0 Å². The Morgan fingerprint density at radius 3 is 2.48 bits per heavy atom. The third kappa shape index (κ3) is 3.88. The van der Waals surface area contributed by atoms with E-state index in [0.717, 1.165) is 55.5 Å². The van der Waals surface area contributed by atoms with Gasteiger partial charge in [0.05, 0.1) is 5.52 Å². The van der Waals surface area contributed by atoms with Crippen LogP contribution >= 0.6 is 0 Å². The van der Waals surface area contributed by atoms with Gasteiger partial charge in [-0.05, 0) is 52.6 Å². The van der Waals surface area contributed by atoms with E-state index in [9.17, 15) is 0 Å². The zero-order valence-corrected chi connectivity index (χ0v) is 23.2. The molecule has 0 aliphatic rings. The number of rotatable bonds is 4. The monoisotopic (exact) mass is 696 g/mol. The maximum Gasteiger partial charge on any atom is 2.00 e. The molecule has 4 aromatic heterocycles. The Hall–Kier alpha value is -4.80. The molecule has 0 saturated heterocycles. The Kier molecular flexibility index (Phi) is 5.91. The van der Waals surface area contributed by atoms with Crippen molar-refractivity contribution in [1.29, 1.82) is 0 Å². The molecule has 4 heterocycles. The smallest absolute Gasteiger partial charge is 0.479 e. The van der Waals surface area contributed by atoms with Crippen LogP contribution in [0.5, 0.6) is 0 Å². The van der Waals surface area contributed by atoms with Crippen LogP contribution in [0.3, 0.4) is 0 Å². The second-order valence-corrected chi connectivity index (χ2v) is 9.25. The summed E-state index contributed by atoms with van der Waals surface area (Å²) in [6.07, 6.45) is 5.44. The molecular formula is C33H19N5OPt. The Morgan fingerprint density at radius 2 is 1.60 bits per heavy atom. The number of aromatic nitrogens is 5. The van der Waals surface area contributed by atoms with Gasteiger partial charge in [-0.2, -0.15) is 5.10 Å². The van der Waals surface area contributed by atoms with Gasteiger partial charge in [0.1, 0.15) is 11.6 Å². The average Bonchev–Trinajstić information content (AvgIpc) is 3.75. The fourth-order valence-electron chi connectivity index (χ4n) is 5.17. The molecule has 0 unspecified atom stereocenters. The second kappa shape index (κ2) is 9.74. The molecule has 0 aliphatic carbocycles. The Labute approximate surface area is 243 Å². The van der Waals surface area contributed by atoms with Crippen molar-refractivity contribution in [2.24, 2.45) is 0 Å². The number of fused-ring (bicyclic) bond motifs is 4. The molecule has 4 aromatic carbocycles. The van der Waals surface area contributed by atoms with Crippen LogP contribution in [0.1, 0.15) is 0 Å². The van der Waals surface area contributed by atoms with Crippen LogP contribution in [0, 0.1) is 12.1 Å². The Balaban J connectivity index is 0.00000264. The molecule has 0 radical (unpaired) electrons. The molecule has 0 amide bonds. The van der Waals surface area contributed by atoms with E-state index < -0.39 is 0 Å². The molecule has 6 nitrogen and oxygen atoms in total. The Bertz CT molecular complexity index is 2130. The van der Waals surface area contributed by atoms with Crippen molar-refractivity contribution in [3.63, 3.8) is 0 Å². The third-order valence-corrected chi connectivity index (χ3v) is 6.92. The molecule has 0 fully saturated rings. The van der Waals surface area contributed by atoms with E-state index >= 15 is 0 Å². The number of para-hydroxylation sites is 2. The van der Waals surface area contributed by atoms with E-state index in [4.69, 9.17) is 9.40 Å². The molecule has 0 aliphatic heterocycles. The van der Waals surface area contributed by atoms with E-state index in [1.165, 1.54) is 0 Å². The number of hydrogen-bond donors (Lipinski definition) is 0. The van der Waals surface area contributed by atoms with Gasteiger partial charge in [-0.3, -0.25) is 4.98 Å². The van der Waals surface area contributed by atoms with Crippen LogP contribution in [0.15, 0.2) is 120 Å². The molecule has 8 aromatic rings. The summed E-state index contributed by atoms with van der Waals surface area (Å²) in [5.74, 6) is 0.509. The third-order valence-electron chi connectivity index (χ3n) is 6.92. The van der Waals surface area contributed by atoms with Gasteiger partial charge in [-0.25, -0.2) is 4.68 Å². The molecule has 0 saturated carbocycles. The molecule has 7 heteroatoms. The fraction of sp³-hybridized carbons (Fsp3) is 0. The number of nitrogens with zero attached hydrogens (tertiary/aromatic N) is 5. The number of oxazole rings is 1. The van der Waals surface area contributed by atoms with E-state index in [0.29, 0.717) is 11.5 Å². The van der Waals surface area contributed by atoms with Crippen LogP contribution in [0.25, 0.3) is 67.0 Å². The molecular weight excluding hydrogens is 677 g/mol. The van der Waals surface area contributed by atoms with Crippen molar-refractivity contribution >= 4 is 32.9 Å². The van der Waals surface area contributed by atoms with E-state index in [-0.39, 0.29) is 21.1 Å². The summed E-state index contributed by atoms with van der Waals surface area (Å²) in [5, 5.41) is 6.61. The summed E-state index contributed by atoms with van der Waals surface area (Å²) < 4.78 is 10.3. The van der Waals surface area contributed by atoms with Crippen LogP contribution in [0.4, 0.5) is 0 Å². The first-order valence-electron chi connectivity index (χ1n) is 12.6. The minimum atomic E-state index is 0. The molecule has 0 N–H and O–H groups in total.